The van der Waals surface area contributed by atoms with Gasteiger partial charge in [-0.2, -0.15) is 0 Å². The lowest BCUT2D eigenvalue weighted by Crippen LogP contribution is -2.41. The van der Waals surface area contributed by atoms with Crippen LogP contribution in [0.2, 0.25) is 0 Å². The molecule has 1 N–H and O–H groups in total. The molecule has 84 valence electrons. The second-order valence-corrected chi connectivity index (χ2v) is 4.98. The highest BCUT2D eigenvalue weighted by molar-refractivity contribution is 4.89. The molecule has 0 spiro atoms. The Bertz CT molecular complexity index is 170. The van der Waals surface area contributed by atoms with Crippen LogP contribution in [-0.4, -0.2) is 24.4 Å². The second-order valence-electron chi connectivity index (χ2n) is 4.98. The number of rotatable bonds is 4. The second kappa shape index (κ2) is 5.13. The van der Waals surface area contributed by atoms with E-state index in [-0.39, 0.29) is 0 Å². The summed E-state index contributed by atoms with van der Waals surface area (Å²) in [6.07, 6.45) is 5.19. The molecule has 1 aliphatic rings. The summed E-state index contributed by atoms with van der Waals surface area (Å²) in [4.78, 5) is 0. The van der Waals surface area contributed by atoms with Gasteiger partial charge in [-0.25, -0.2) is 0 Å². The highest BCUT2D eigenvalue weighted by atomic mass is 16.5. The normalized spacial score (nSPS) is 38.6. The minimum absolute atomic E-state index is 0.412. The van der Waals surface area contributed by atoms with Gasteiger partial charge in [0.15, 0.2) is 0 Å². The van der Waals surface area contributed by atoms with Gasteiger partial charge in [0.1, 0.15) is 0 Å². The largest absolute Gasteiger partial charge is 0.390 e. The molecule has 1 fully saturated rings. The average molecular weight is 200 g/mol. The summed E-state index contributed by atoms with van der Waals surface area (Å²) in [6.45, 7) is 5.23. The fourth-order valence-electron chi connectivity index (χ4n) is 2.58. The van der Waals surface area contributed by atoms with E-state index in [1.54, 1.807) is 7.11 Å². The Hall–Kier alpha value is -0.0800. The number of aliphatic hydroxyl groups is 1. The first kappa shape index (κ1) is 12.0. The average Bonchev–Trinajstić information content (AvgIpc) is 2.13. The van der Waals surface area contributed by atoms with Crippen molar-refractivity contribution in [2.75, 3.05) is 13.7 Å². The Labute approximate surface area is 87.7 Å². The molecule has 0 bridgehead atoms. The molecule has 1 aliphatic carbocycles. The van der Waals surface area contributed by atoms with Crippen molar-refractivity contribution in [3.63, 3.8) is 0 Å². The van der Waals surface area contributed by atoms with Gasteiger partial charge in [-0.05, 0) is 43.9 Å². The zero-order valence-corrected chi connectivity index (χ0v) is 9.75. The van der Waals surface area contributed by atoms with Crippen LogP contribution in [0.1, 0.15) is 46.0 Å². The van der Waals surface area contributed by atoms with Gasteiger partial charge in [-0.1, -0.05) is 13.8 Å². The quantitative estimate of drug-likeness (QED) is 0.707. The number of hydrogen-bond donors (Lipinski definition) is 1. The molecule has 0 radical (unpaired) electrons. The van der Waals surface area contributed by atoms with Crippen molar-refractivity contribution in [1.29, 1.82) is 0 Å². The highest BCUT2D eigenvalue weighted by Crippen LogP contribution is 2.39. The van der Waals surface area contributed by atoms with Gasteiger partial charge in [-0.3, -0.25) is 0 Å². The maximum Gasteiger partial charge on any atom is 0.0674 e. The van der Waals surface area contributed by atoms with E-state index in [1.165, 1.54) is 12.8 Å². The van der Waals surface area contributed by atoms with Crippen molar-refractivity contribution in [3.05, 3.63) is 0 Å². The lowest BCUT2D eigenvalue weighted by Gasteiger charge is -2.40. The van der Waals surface area contributed by atoms with Crippen LogP contribution in [0.15, 0.2) is 0 Å². The van der Waals surface area contributed by atoms with Crippen LogP contribution in [0.5, 0.6) is 0 Å². The van der Waals surface area contributed by atoms with Gasteiger partial charge >= 0.3 is 0 Å². The van der Waals surface area contributed by atoms with E-state index in [1.807, 2.05) is 0 Å². The summed E-state index contributed by atoms with van der Waals surface area (Å²) in [7, 11) is 1.72. The van der Waals surface area contributed by atoms with Crippen molar-refractivity contribution < 1.29 is 9.84 Å². The summed E-state index contributed by atoms with van der Waals surface area (Å²) in [5.41, 5.74) is -0.412. The van der Waals surface area contributed by atoms with E-state index in [0.29, 0.717) is 5.92 Å². The Morgan fingerprint density at radius 3 is 2.71 bits per heavy atom. The van der Waals surface area contributed by atoms with Crippen LogP contribution in [0, 0.1) is 11.8 Å². The van der Waals surface area contributed by atoms with E-state index >= 15 is 0 Å². The van der Waals surface area contributed by atoms with E-state index < -0.39 is 5.60 Å². The first-order valence-corrected chi connectivity index (χ1v) is 5.80. The third-order valence-corrected chi connectivity index (χ3v) is 3.70. The maximum atomic E-state index is 10.4. The third-order valence-electron chi connectivity index (χ3n) is 3.70. The molecule has 2 nitrogen and oxygen atoms in total. The van der Waals surface area contributed by atoms with Gasteiger partial charge in [0.05, 0.1) is 5.60 Å². The summed E-state index contributed by atoms with van der Waals surface area (Å²) in [5.74, 6) is 1.23. The molecule has 0 amide bonds. The fraction of sp³-hybridized carbons (Fsp3) is 1.00. The fourth-order valence-corrected chi connectivity index (χ4v) is 2.58. The Balaban J connectivity index is 2.38. The van der Waals surface area contributed by atoms with Gasteiger partial charge in [0, 0.05) is 13.7 Å². The van der Waals surface area contributed by atoms with Crippen LogP contribution >= 0.6 is 0 Å². The summed E-state index contributed by atoms with van der Waals surface area (Å²) in [6, 6.07) is 0. The smallest absolute Gasteiger partial charge is 0.0674 e. The lowest BCUT2D eigenvalue weighted by molar-refractivity contribution is -0.0633. The van der Waals surface area contributed by atoms with E-state index in [2.05, 4.69) is 13.8 Å². The zero-order valence-electron chi connectivity index (χ0n) is 9.75. The van der Waals surface area contributed by atoms with Crippen molar-refractivity contribution >= 4 is 0 Å². The first-order chi connectivity index (χ1) is 6.58. The highest BCUT2D eigenvalue weighted by Gasteiger charge is 2.37. The molecule has 3 atom stereocenters. The molecule has 14 heavy (non-hydrogen) atoms. The number of methoxy groups -OCH3 is 1. The minimum atomic E-state index is -0.412. The zero-order chi connectivity index (χ0) is 10.6. The Kier molecular flexibility index (Phi) is 4.39. The first-order valence-electron chi connectivity index (χ1n) is 5.80. The van der Waals surface area contributed by atoms with E-state index in [9.17, 15) is 5.11 Å². The molecule has 0 aromatic carbocycles. The topological polar surface area (TPSA) is 29.5 Å². The van der Waals surface area contributed by atoms with E-state index in [0.717, 1.165) is 31.8 Å². The molecular formula is C12H24O2. The summed E-state index contributed by atoms with van der Waals surface area (Å²) in [5, 5.41) is 10.4. The Morgan fingerprint density at radius 2 is 2.14 bits per heavy atom. The van der Waals surface area contributed by atoms with Gasteiger partial charge < -0.3 is 9.84 Å². The SMILES string of the molecule is COCCCC1(O)CCC(C)CC1C. The van der Waals surface area contributed by atoms with Crippen molar-refractivity contribution in [2.24, 2.45) is 11.8 Å². The van der Waals surface area contributed by atoms with Crippen LogP contribution in [-0.2, 0) is 4.74 Å². The molecular weight excluding hydrogens is 176 g/mol. The molecule has 2 heteroatoms. The maximum absolute atomic E-state index is 10.4. The van der Waals surface area contributed by atoms with Gasteiger partial charge in [0.25, 0.3) is 0 Å². The predicted molar refractivity (Wildman–Crippen MR) is 58.2 cm³/mol. The van der Waals surface area contributed by atoms with Crippen molar-refractivity contribution in [3.8, 4) is 0 Å². The molecule has 0 aromatic rings. The molecule has 1 rings (SSSR count). The predicted octanol–water partition coefficient (Wildman–Crippen LogP) is 2.60. The number of hydrogen-bond acceptors (Lipinski definition) is 2. The lowest BCUT2D eigenvalue weighted by atomic mass is 9.70. The summed E-state index contributed by atoms with van der Waals surface area (Å²) >= 11 is 0. The van der Waals surface area contributed by atoms with Crippen molar-refractivity contribution in [2.45, 2.75) is 51.6 Å². The monoisotopic (exact) mass is 200 g/mol. The third kappa shape index (κ3) is 2.96. The molecule has 3 unspecified atom stereocenters. The molecule has 0 aromatic heterocycles. The van der Waals surface area contributed by atoms with Crippen LogP contribution in [0.25, 0.3) is 0 Å². The Morgan fingerprint density at radius 1 is 1.43 bits per heavy atom. The minimum Gasteiger partial charge on any atom is -0.390 e. The standard InChI is InChI=1S/C12H24O2/c1-10-5-7-12(13,11(2)9-10)6-4-8-14-3/h10-11,13H,4-9H2,1-3H3. The molecule has 1 saturated carbocycles. The molecule has 0 heterocycles. The summed E-state index contributed by atoms with van der Waals surface area (Å²) < 4.78 is 5.02. The van der Waals surface area contributed by atoms with Gasteiger partial charge in [-0.15, -0.1) is 0 Å². The molecule has 0 saturated heterocycles. The number of ether oxygens (including phenoxy) is 1. The van der Waals surface area contributed by atoms with Crippen LogP contribution in [0.4, 0.5) is 0 Å². The van der Waals surface area contributed by atoms with Gasteiger partial charge in [0.2, 0.25) is 0 Å². The van der Waals surface area contributed by atoms with Crippen LogP contribution in [0.3, 0.4) is 0 Å². The molecule has 0 aliphatic heterocycles. The van der Waals surface area contributed by atoms with Crippen LogP contribution < -0.4 is 0 Å². The van der Waals surface area contributed by atoms with E-state index in [4.69, 9.17) is 4.74 Å². The van der Waals surface area contributed by atoms with Crippen molar-refractivity contribution in [1.82, 2.24) is 0 Å².